The molecule has 1 fully saturated rings. The maximum atomic E-state index is 12.2. The molecule has 0 aliphatic heterocycles. The molecular formula is C16H22N2O2. The molecule has 3 N–H and O–H groups in total. The van der Waals surface area contributed by atoms with Crippen molar-refractivity contribution in [3.8, 4) is 0 Å². The third-order valence-electron chi connectivity index (χ3n) is 4.30. The van der Waals surface area contributed by atoms with Gasteiger partial charge in [-0.15, -0.1) is 0 Å². The summed E-state index contributed by atoms with van der Waals surface area (Å²) in [6, 6.07) is 5.72. The lowest BCUT2D eigenvalue weighted by Crippen LogP contribution is -2.44. The molecule has 108 valence electrons. The first-order valence-corrected chi connectivity index (χ1v) is 7.10. The maximum absolute atomic E-state index is 12.2. The van der Waals surface area contributed by atoms with Crippen LogP contribution >= 0.6 is 0 Å². The molecular weight excluding hydrogens is 252 g/mol. The van der Waals surface area contributed by atoms with Crippen molar-refractivity contribution in [2.75, 3.05) is 6.54 Å². The summed E-state index contributed by atoms with van der Waals surface area (Å²) in [7, 11) is 0. The number of nitrogens with one attached hydrogen (secondary N) is 1. The minimum Gasteiger partial charge on any atom is -0.369 e. The number of hydrogen-bond donors (Lipinski definition) is 2. The third-order valence-corrected chi connectivity index (χ3v) is 4.30. The molecule has 1 aromatic rings. The van der Waals surface area contributed by atoms with Crippen LogP contribution < -0.4 is 11.1 Å². The fourth-order valence-electron chi connectivity index (χ4n) is 2.98. The molecule has 1 aliphatic carbocycles. The largest absolute Gasteiger partial charge is 0.369 e. The summed E-state index contributed by atoms with van der Waals surface area (Å²) in [6.07, 6.45) is 3.55. The Morgan fingerprint density at radius 3 is 2.45 bits per heavy atom. The molecule has 4 nitrogen and oxygen atoms in total. The summed E-state index contributed by atoms with van der Waals surface area (Å²) in [5, 5.41) is 2.88. The Morgan fingerprint density at radius 2 is 1.90 bits per heavy atom. The summed E-state index contributed by atoms with van der Waals surface area (Å²) in [4.78, 5) is 23.9. The highest BCUT2D eigenvalue weighted by atomic mass is 16.2. The van der Waals surface area contributed by atoms with Crippen molar-refractivity contribution in [1.82, 2.24) is 5.32 Å². The van der Waals surface area contributed by atoms with E-state index in [1.807, 2.05) is 32.0 Å². The highest BCUT2D eigenvalue weighted by Crippen LogP contribution is 2.37. The van der Waals surface area contributed by atoms with Crippen molar-refractivity contribution in [2.24, 2.45) is 11.1 Å². The van der Waals surface area contributed by atoms with Gasteiger partial charge in [-0.05, 0) is 38.3 Å². The average molecular weight is 274 g/mol. The lowest BCUT2D eigenvalue weighted by Gasteiger charge is -2.25. The van der Waals surface area contributed by atoms with Crippen molar-refractivity contribution in [1.29, 1.82) is 0 Å². The monoisotopic (exact) mass is 274 g/mol. The number of carbonyl (C=O) groups is 2. The number of rotatable bonds is 4. The first-order valence-electron chi connectivity index (χ1n) is 7.10. The molecule has 2 amide bonds. The highest BCUT2D eigenvalue weighted by molar-refractivity contribution is 5.96. The van der Waals surface area contributed by atoms with E-state index in [4.69, 9.17) is 5.73 Å². The molecule has 0 radical (unpaired) electrons. The molecule has 1 aliphatic rings. The van der Waals surface area contributed by atoms with Crippen LogP contribution in [0.25, 0.3) is 0 Å². The van der Waals surface area contributed by atoms with Gasteiger partial charge in [-0.1, -0.05) is 30.5 Å². The zero-order valence-electron chi connectivity index (χ0n) is 12.2. The Balaban J connectivity index is 2.06. The van der Waals surface area contributed by atoms with Gasteiger partial charge in [0.15, 0.2) is 0 Å². The summed E-state index contributed by atoms with van der Waals surface area (Å²) < 4.78 is 0. The molecule has 2 rings (SSSR count). The second-order valence-electron chi connectivity index (χ2n) is 5.85. The molecule has 20 heavy (non-hydrogen) atoms. The van der Waals surface area contributed by atoms with Crippen molar-refractivity contribution in [2.45, 2.75) is 39.5 Å². The lowest BCUT2D eigenvalue weighted by atomic mass is 9.85. The van der Waals surface area contributed by atoms with Gasteiger partial charge >= 0.3 is 0 Å². The van der Waals surface area contributed by atoms with E-state index in [1.54, 1.807) is 0 Å². The minimum absolute atomic E-state index is 0.130. The van der Waals surface area contributed by atoms with E-state index in [2.05, 4.69) is 5.32 Å². The Hall–Kier alpha value is -1.84. The van der Waals surface area contributed by atoms with Gasteiger partial charge in [0.25, 0.3) is 5.91 Å². The Labute approximate surface area is 119 Å². The van der Waals surface area contributed by atoms with E-state index in [-0.39, 0.29) is 11.8 Å². The molecule has 0 bridgehead atoms. The Kier molecular flexibility index (Phi) is 4.12. The molecule has 4 heteroatoms. The van der Waals surface area contributed by atoms with Crippen LogP contribution in [0.1, 0.15) is 47.2 Å². The smallest absolute Gasteiger partial charge is 0.251 e. The average Bonchev–Trinajstić information content (AvgIpc) is 2.86. The quantitative estimate of drug-likeness (QED) is 0.882. The number of aryl methyl sites for hydroxylation is 2. The van der Waals surface area contributed by atoms with Crippen LogP contribution in [0.15, 0.2) is 18.2 Å². The highest BCUT2D eigenvalue weighted by Gasteiger charge is 2.39. The van der Waals surface area contributed by atoms with E-state index in [0.717, 1.165) is 36.8 Å². The zero-order chi connectivity index (χ0) is 14.8. The summed E-state index contributed by atoms with van der Waals surface area (Å²) in [6.45, 7) is 4.26. The normalized spacial score (nSPS) is 16.9. The first kappa shape index (κ1) is 14.6. The molecule has 0 unspecified atom stereocenters. The number of amides is 2. The Bertz CT molecular complexity index is 531. The van der Waals surface area contributed by atoms with Crippen LogP contribution in [-0.4, -0.2) is 18.4 Å². The van der Waals surface area contributed by atoms with Crippen LogP contribution in [0.4, 0.5) is 0 Å². The minimum atomic E-state index is -0.547. The van der Waals surface area contributed by atoms with Gasteiger partial charge in [0.05, 0.1) is 5.41 Å². The predicted molar refractivity (Wildman–Crippen MR) is 78.3 cm³/mol. The van der Waals surface area contributed by atoms with Gasteiger partial charge in [-0.25, -0.2) is 0 Å². The van der Waals surface area contributed by atoms with Crippen molar-refractivity contribution in [3.05, 3.63) is 34.9 Å². The molecule has 0 atom stereocenters. The molecule has 0 heterocycles. The van der Waals surface area contributed by atoms with E-state index >= 15 is 0 Å². The van der Waals surface area contributed by atoms with E-state index in [1.165, 1.54) is 0 Å². The molecule has 0 aromatic heterocycles. The fourth-order valence-corrected chi connectivity index (χ4v) is 2.98. The molecule has 1 saturated carbocycles. The van der Waals surface area contributed by atoms with E-state index in [0.29, 0.717) is 12.1 Å². The summed E-state index contributed by atoms with van der Waals surface area (Å²) in [5.41, 5.74) is 7.70. The number of nitrogens with two attached hydrogens (primary N) is 1. The van der Waals surface area contributed by atoms with E-state index < -0.39 is 5.41 Å². The second-order valence-corrected chi connectivity index (χ2v) is 5.85. The predicted octanol–water partition coefficient (Wildman–Crippen LogP) is 2.08. The number of hydrogen-bond acceptors (Lipinski definition) is 2. The van der Waals surface area contributed by atoms with Crippen LogP contribution in [0.3, 0.4) is 0 Å². The van der Waals surface area contributed by atoms with Gasteiger partial charge in [0, 0.05) is 12.1 Å². The van der Waals surface area contributed by atoms with Crippen LogP contribution in [-0.2, 0) is 4.79 Å². The van der Waals surface area contributed by atoms with Crippen LogP contribution in [0.2, 0.25) is 0 Å². The third kappa shape index (κ3) is 2.84. The molecule has 0 saturated heterocycles. The van der Waals surface area contributed by atoms with Crippen molar-refractivity contribution >= 4 is 11.8 Å². The molecule has 1 aromatic carbocycles. The van der Waals surface area contributed by atoms with Gasteiger partial charge in [-0.3, -0.25) is 9.59 Å². The van der Waals surface area contributed by atoms with Crippen molar-refractivity contribution in [3.63, 3.8) is 0 Å². The topological polar surface area (TPSA) is 72.2 Å². The summed E-state index contributed by atoms with van der Waals surface area (Å²) >= 11 is 0. The van der Waals surface area contributed by atoms with Gasteiger partial charge < -0.3 is 11.1 Å². The number of primary amides is 1. The van der Waals surface area contributed by atoms with Crippen LogP contribution in [0, 0.1) is 19.3 Å². The zero-order valence-corrected chi connectivity index (χ0v) is 12.2. The molecule has 0 spiro atoms. The van der Waals surface area contributed by atoms with Crippen LogP contribution in [0.5, 0.6) is 0 Å². The Morgan fingerprint density at radius 1 is 1.25 bits per heavy atom. The second kappa shape index (κ2) is 5.65. The van der Waals surface area contributed by atoms with Gasteiger partial charge in [0.1, 0.15) is 0 Å². The lowest BCUT2D eigenvalue weighted by molar-refractivity contribution is -0.127. The standard InChI is InChI=1S/C16H22N2O2/c1-11-5-6-13(12(2)9-11)14(19)18-10-16(15(17)20)7-3-4-8-16/h5-6,9H,3-4,7-8,10H2,1-2H3,(H2,17,20)(H,18,19). The maximum Gasteiger partial charge on any atom is 0.251 e. The van der Waals surface area contributed by atoms with Crippen molar-refractivity contribution < 1.29 is 9.59 Å². The van der Waals surface area contributed by atoms with Gasteiger partial charge in [0.2, 0.25) is 5.91 Å². The SMILES string of the molecule is Cc1ccc(C(=O)NCC2(C(N)=O)CCCC2)c(C)c1. The first-order chi connectivity index (χ1) is 9.44. The van der Waals surface area contributed by atoms with Gasteiger partial charge in [-0.2, -0.15) is 0 Å². The number of benzene rings is 1. The fraction of sp³-hybridized carbons (Fsp3) is 0.500. The number of carbonyl (C=O) groups excluding carboxylic acids is 2. The van der Waals surface area contributed by atoms with E-state index in [9.17, 15) is 9.59 Å². The summed E-state index contributed by atoms with van der Waals surface area (Å²) in [5.74, 6) is -0.425.